The summed E-state index contributed by atoms with van der Waals surface area (Å²) in [4.78, 5) is 24.8. The predicted octanol–water partition coefficient (Wildman–Crippen LogP) is 6.91. The Morgan fingerprint density at radius 3 is 2.45 bits per heavy atom. The Morgan fingerprint density at radius 1 is 0.939 bits per heavy atom. The van der Waals surface area contributed by atoms with Crippen molar-refractivity contribution in [1.29, 1.82) is 0 Å². The van der Waals surface area contributed by atoms with E-state index in [0.717, 1.165) is 30.0 Å². The van der Waals surface area contributed by atoms with Gasteiger partial charge in [0, 0.05) is 17.0 Å². The van der Waals surface area contributed by atoms with Crippen molar-refractivity contribution < 1.29 is 14.3 Å². The molecule has 5 nitrogen and oxygen atoms in total. The highest BCUT2D eigenvalue weighted by atomic mass is 35.5. The van der Waals surface area contributed by atoms with Crippen molar-refractivity contribution in [3.8, 4) is 5.75 Å². The number of benzene rings is 3. The Kier molecular flexibility index (Phi) is 9.45. The van der Waals surface area contributed by atoms with Gasteiger partial charge in [-0.3, -0.25) is 4.79 Å². The smallest absolute Gasteiger partial charge is 0.343 e. The molecule has 0 heterocycles. The molecule has 0 saturated heterocycles. The average Bonchev–Trinajstić information content (AvgIpc) is 2.82. The van der Waals surface area contributed by atoms with E-state index >= 15 is 0 Å². The van der Waals surface area contributed by atoms with Crippen LogP contribution in [0.1, 0.15) is 67.8 Å². The van der Waals surface area contributed by atoms with Gasteiger partial charge in [-0.1, -0.05) is 81.0 Å². The molecule has 1 N–H and O–H groups in total. The second kappa shape index (κ2) is 12.8. The monoisotopic (exact) mass is 464 g/mol. The van der Waals surface area contributed by atoms with E-state index in [-0.39, 0.29) is 5.91 Å². The third kappa shape index (κ3) is 7.43. The number of fused-ring (bicyclic) bond motifs is 1. The van der Waals surface area contributed by atoms with E-state index < -0.39 is 5.97 Å². The minimum absolute atomic E-state index is 0.123. The van der Waals surface area contributed by atoms with E-state index in [2.05, 4.69) is 17.5 Å². The number of hydrazone groups is 1. The van der Waals surface area contributed by atoms with Crippen LogP contribution in [-0.2, 0) is 4.79 Å². The van der Waals surface area contributed by atoms with Crippen LogP contribution in [-0.4, -0.2) is 18.1 Å². The fraction of sp³-hybridized carbons (Fsp3) is 0.296. The summed E-state index contributed by atoms with van der Waals surface area (Å²) in [5.41, 5.74) is 3.60. The molecule has 33 heavy (non-hydrogen) atoms. The van der Waals surface area contributed by atoms with Crippen LogP contribution in [0.25, 0.3) is 10.8 Å². The summed E-state index contributed by atoms with van der Waals surface area (Å²) in [6, 6.07) is 17.9. The Bertz CT molecular complexity index is 1110. The van der Waals surface area contributed by atoms with Gasteiger partial charge in [-0.15, -0.1) is 0 Å². The van der Waals surface area contributed by atoms with Gasteiger partial charge in [0.2, 0.25) is 5.91 Å². The van der Waals surface area contributed by atoms with E-state index in [4.69, 9.17) is 16.3 Å². The third-order valence-corrected chi connectivity index (χ3v) is 5.61. The van der Waals surface area contributed by atoms with Crippen LogP contribution < -0.4 is 10.2 Å². The zero-order valence-corrected chi connectivity index (χ0v) is 19.6. The topological polar surface area (TPSA) is 67.8 Å². The number of ether oxygens (including phenoxy) is 1. The van der Waals surface area contributed by atoms with Crippen molar-refractivity contribution in [3.05, 3.63) is 76.8 Å². The van der Waals surface area contributed by atoms with E-state index in [9.17, 15) is 9.59 Å². The molecule has 0 aliphatic rings. The number of hydrogen-bond acceptors (Lipinski definition) is 4. The van der Waals surface area contributed by atoms with Crippen LogP contribution in [0.4, 0.5) is 0 Å². The highest BCUT2D eigenvalue weighted by molar-refractivity contribution is 6.30. The number of hydrogen-bond donors (Lipinski definition) is 1. The van der Waals surface area contributed by atoms with Gasteiger partial charge in [0.1, 0.15) is 5.75 Å². The molecule has 0 aromatic heterocycles. The quantitative estimate of drug-likeness (QED) is 0.110. The lowest BCUT2D eigenvalue weighted by molar-refractivity contribution is -0.121. The number of nitrogens with one attached hydrogen (secondary N) is 1. The first kappa shape index (κ1) is 24.5. The normalized spacial score (nSPS) is 11.1. The first-order chi connectivity index (χ1) is 16.1. The van der Waals surface area contributed by atoms with E-state index in [0.29, 0.717) is 28.3 Å². The number of carbonyl (C=O) groups excluding carboxylic acids is 2. The summed E-state index contributed by atoms with van der Waals surface area (Å²) in [6.07, 6.45) is 8.70. The number of esters is 1. The lowest BCUT2D eigenvalue weighted by Crippen LogP contribution is -2.17. The van der Waals surface area contributed by atoms with Crippen molar-refractivity contribution >= 4 is 40.5 Å². The number of unbranched alkanes of at least 4 members (excludes halogenated alkanes) is 5. The van der Waals surface area contributed by atoms with Gasteiger partial charge in [-0.05, 0) is 47.5 Å². The van der Waals surface area contributed by atoms with Crippen molar-refractivity contribution in [1.82, 2.24) is 5.43 Å². The molecular formula is C27H29ClN2O3. The van der Waals surface area contributed by atoms with Gasteiger partial charge in [0.15, 0.2) is 0 Å². The Hall–Kier alpha value is -3.18. The highest BCUT2D eigenvalue weighted by Crippen LogP contribution is 2.27. The Morgan fingerprint density at radius 2 is 1.67 bits per heavy atom. The number of rotatable bonds is 11. The van der Waals surface area contributed by atoms with Gasteiger partial charge >= 0.3 is 5.97 Å². The predicted molar refractivity (Wildman–Crippen MR) is 134 cm³/mol. The first-order valence-electron chi connectivity index (χ1n) is 11.4. The summed E-state index contributed by atoms with van der Waals surface area (Å²) >= 11 is 5.91. The fourth-order valence-electron chi connectivity index (χ4n) is 3.53. The van der Waals surface area contributed by atoms with Gasteiger partial charge in [0.25, 0.3) is 0 Å². The molecule has 172 valence electrons. The van der Waals surface area contributed by atoms with Crippen LogP contribution in [0.2, 0.25) is 5.02 Å². The summed E-state index contributed by atoms with van der Waals surface area (Å²) in [6.45, 7) is 2.19. The molecule has 3 aromatic rings. The lowest BCUT2D eigenvalue weighted by Gasteiger charge is -2.10. The number of halogens is 1. The second-order valence-electron chi connectivity index (χ2n) is 7.91. The zero-order chi connectivity index (χ0) is 23.5. The van der Waals surface area contributed by atoms with Crippen LogP contribution in [0.15, 0.2) is 65.8 Å². The van der Waals surface area contributed by atoms with Crippen molar-refractivity contribution in [2.45, 2.75) is 51.9 Å². The molecule has 0 aliphatic carbocycles. The summed E-state index contributed by atoms with van der Waals surface area (Å²) < 4.78 is 5.66. The zero-order valence-electron chi connectivity index (χ0n) is 18.9. The van der Waals surface area contributed by atoms with Crippen molar-refractivity contribution in [2.75, 3.05) is 0 Å². The van der Waals surface area contributed by atoms with Crippen LogP contribution in [0.3, 0.4) is 0 Å². The maximum Gasteiger partial charge on any atom is 0.343 e. The number of amides is 1. The standard InChI is InChI=1S/C27H29ClN2O3/c1-2-3-4-5-6-7-12-26(31)30-29-19-24-23-11-9-8-10-20(23)15-18-25(24)33-27(32)21-13-16-22(28)17-14-21/h8-11,13-19H,2-7,12H2,1H3,(H,30,31)/b29-19-. The molecule has 1 amide bonds. The van der Waals surface area contributed by atoms with Crippen LogP contribution in [0, 0.1) is 0 Å². The van der Waals surface area contributed by atoms with E-state index in [1.807, 2.05) is 30.3 Å². The third-order valence-electron chi connectivity index (χ3n) is 5.35. The largest absolute Gasteiger partial charge is 0.422 e. The minimum Gasteiger partial charge on any atom is -0.422 e. The molecule has 6 heteroatoms. The van der Waals surface area contributed by atoms with Gasteiger partial charge in [-0.2, -0.15) is 5.10 Å². The molecule has 3 rings (SSSR count). The minimum atomic E-state index is -0.497. The van der Waals surface area contributed by atoms with E-state index in [1.54, 1.807) is 30.3 Å². The fourth-order valence-corrected chi connectivity index (χ4v) is 3.66. The molecular weight excluding hydrogens is 436 g/mol. The molecule has 0 unspecified atom stereocenters. The van der Waals surface area contributed by atoms with Crippen LogP contribution in [0.5, 0.6) is 5.75 Å². The molecule has 0 aliphatic heterocycles. The maximum absolute atomic E-state index is 12.6. The van der Waals surface area contributed by atoms with E-state index in [1.165, 1.54) is 25.5 Å². The molecule has 0 atom stereocenters. The lowest BCUT2D eigenvalue weighted by atomic mass is 10.0. The van der Waals surface area contributed by atoms with Gasteiger partial charge < -0.3 is 4.74 Å². The Balaban J connectivity index is 1.69. The van der Waals surface area contributed by atoms with Crippen LogP contribution >= 0.6 is 11.6 Å². The number of nitrogens with zero attached hydrogens (tertiary/aromatic N) is 1. The van der Waals surface area contributed by atoms with Crippen molar-refractivity contribution in [2.24, 2.45) is 5.10 Å². The molecule has 0 bridgehead atoms. The second-order valence-corrected chi connectivity index (χ2v) is 8.34. The summed E-state index contributed by atoms with van der Waals surface area (Å²) in [7, 11) is 0. The SMILES string of the molecule is CCCCCCCCC(=O)N/N=C\c1c(OC(=O)c2ccc(Cl)cc2)ccc2ccccc12. The van der Waals surface area contributed by atoms with Crippen molar-refractivity contribution in [3.63, 3.8) is 0 Å². The molecule has 3 aromatic carbocycles. The summed E-state index contributed by atoms with van der Waals surface area (Å²) in [5, 5.41) is 6.53. The molecule has 0 spiro atoms. The highest BCUT2D eigenvalue weighted by Gasteiger charge is 2.13. The molecule has 0 radical (unpaired) electrons. The molecule has 0 saturated carbocycles. The maximum atomic E-state index is 12.6. The van der Waals surface area contributed by atoms with Gasteiger partial charge in [0.05, 0.1) is 11.8 Å². The first-order valence-corrected chi connectivity index (χ1v) is 11.8. The summed E-state index contributed by atoms with van der Waals surface area (Å²) in [5.74, 6) is -0.257. The Labute approximate surface area is 199 Å². The van der Waals surface area contributed by atoms with Gasteiger partial charge in [-0.25, -0.2) is 10.2 Å². The number of carbonyl (C=O) groups is 2. The molecule has 0 fully saturated rings. The average molecular weight is 465 g/mol.